The lowest BCUT2D eigenvalue weighted by Crippen LogP contribution is -2.50. The molecule has 0 atom stereocenters. The normalized spacial score (nSPS) is 22.4. The highest BCUT2D eigenvalue weighted by Crippen LogP contribution is 2.24. The van der Waals surface area contributed by atoms with Crippen molar-refractivity contribution >= 4 is 10.9 Å². The first-order valence-electron chi connectivity index (χ1n) is 8.91. The number of benzene rings is 1. The lowest BCUT2D eigenvalue weighted by Gasteiger charge is -2.40. The highest BCUT2D eigenvalue weighted by molar-refractivity contribution is 5.80. The van der Waals surface area contributed by atoms with E-state index in [0.29, 0.717) is 0 Å². The molecule has 1 aliphatic heterocycles. The number of hydrogen-bond acceptors (Lipinski definition) is 2. The van der Waals surface area contributed by atoms with Crippen LogP contribution in [0.4, 0.5) is 0 Å². The molecule has 22 heavy (non-hydrogen) atoms. The molecular formula is C19H27N3. The van der Waals surface area contributed by atoms with Gasteiger partial charge in [0.05, 0.1) is 0 Å². The second kappa shape index (κ2) is 6.43. The Balaban J connectivity index is 1.33. The molecule has 1 aliphatic carbocycles. The van der Waals surface area contributed by atoms with Gasteiger partial charge in [-0.3, -0.25) is 9.80 Å². The molecule has 4 rings (SSSR count). The third kappa shape index (κ3) is 3.06. The van der Waals surface area contributed by atoms with Crippen LogP contribution in [0.5, 0.6) is 0 Å². The van der Waals surface area contributed by atoms with Gasteiger partial charge < -0.3 is 4.98 Å². The van der Waals surface area contributed by atoms with Crippen LogP contribution >= 0.6 is 0 Å². The summed E-state index contributed by atoms with van der Waals surface area (Å²) >= 11 is 0. The predicted molar refractivity (Wildman–Crippen MR) is 92.0 cm³/mol. The van der Waals surface area contributed by atoms with Gasteiger partial charge in [0.15, 0.2) is 0 Å². The summed E-state index contributed by atoms with van der Waals surface area (Å²) in [5.41, 5.74) is 2.62. The van der Waals surface area contributed by atoms with E-state index in [9.17, 15) is 0 Å². The maximum atomic E-state index is 3.56. The number of H-pyrrole nitrogens is 1. The first kappa shape index (κ1) is 14.3. The number of hydrogen-bond donors (Lipinski definition) is 1. The number of rotatable bonds is 3. The monoisotopic (exact) mass is 297 g/mol. The van der Waals surface area contributed by atoms with Crippen LogP contribution in [-0.2, 0) is 6.54 Å². The van der Waals surface area contributed by atoms with Crippen molar-refractivity contribution in [1.29, 1.82) is 0 Å². The number of aromatic nitrogens is 1. The summed E-state index contributed by atoms with van der Waals surface area (Å²) in [6.07, 6.45) is 7.21. The van der Waals surface area contributed by atoms with Gasteiger partial charge in [-0.15, -0.1) is 0 Å². The second-order valence-electron chi connectivity index (χ2n) is 6.99. The summed E-state index contributed by atoms with van der Waals surface area (Å²) in [6.45, 7) is 6.00. The van der Waals surface area contributed by atoms with Crippen molar-refractivity contribution in [2.45, 2.75) is 44.7 Å². The highest BCUT2D eigenvalue weighted by atomic mass is 15.3. The van der Waals surface area contributed by atoms with Crippen LogP contribution in [0.15, 0.2) is 30.3 Å². The van der Waals surface area contributed by atoms with Gasteiger partial charge in [0.1, 0.15) is 0 Å². The third-order valence-electron chi connectivity index (χ3n) is 5.48. The summed E-state index contributed by atoms with van der Waals surface area (Å²) in [6, 6.07) is 11.8. The van der Waals surface area contributed by atoms with Gasteiger partial charge >= 0.3 is 0 Å². The Morgan fingerprint density at radius 1 is 0.955 bits per heavy atom. The molecule has 2 aliphatic rings. The van der Waals surface area contributed by atoms with E-state index in [2.05, 4.69) is 45.1 Å². The van der Waals surface area contributed by atoms with Crippen LogP contribution in [0, 0.1) is 0 Å². The van der Waals surface area contributed by atoms with Gasteiger partial charge in [-0.05, 0) is 30.4 Å². The summed E-state index contributed by atoms with van der Waals surface area (Å²) in [7, 11) is 0. The molecule has 0 amide bonds. The minimum absolute atomic E-state index is 0.879. The van der Waals surface area contributed by atoms with Crippen molar-refractivity contribution < 1.29 is 0 Å². The lowest BCUT2D eigenvalue weighted by atomic mass is 9.94. The van der Waals surface area contributed by atoms with Crippen LogP contribution in [0.1, 0.15) is 37.8 Å². The van der Waals surface area contributed by atoms with E-state index in [1.165, 1.54) is 74.9 Å². The van der Waals surface area contributed by atoms with Gasteiger partial charge in [-0.1, -0.05) is 37.5 Å². The van der Waals surface area contributed by atoms with Crippen molar-refractivity contribution in [3.63, 3.8) is 0 Å². The van der Waals surface area contributed by atoms with E-state index in [1.807, 2.05) is 0 Å². The molecule has 0 radical (unpaired) electrons. The summed E-state index contributed by atoms with van der Waals surface area (Å²) < 4.78 is 0. The topological polar surface area (TPSA) is 22.3 Å². The Bertz CT molecular complexity index is 571. The van der Waals surface area contributed by atoms with Crippen LogP contribution in [-0.4, -0.2) is 47.0 Å². The molecule has 1 N–H and O–H groups in total. The molecule has 3 heteroatoms. The third-order valence-corrected chi connectivity index (χ3v) is 5.48. The largest absolute Gasteiger partial charge is 0.357 e. The fourth-order valence-electron chi connectivity index (χ4n) is 4.19. The molecule has 118 valence electrons. The summed E-state index contributed by atoms with van der Waals surface area (Å²) in [5, 5.41) is 1.33. The SMILES string of the molecule is c1ccc2[nH]c(CN3CCN(C4CCCCC4)CC3)cc2c1. The maximum absolute atomic E-state index is 3.56. The number of aromatic amines is 1. The van der Waals surface area contributed by atoms with Gasteiger partial charge in [-0.2, -0.15) is 0 Å². The second-order valence-corrected chi connectivity index (χ2v) is 6.99. The van der Waals surface area contributed by atoms with Crippen molar-refractivity contribution in [1.82, 2.24) is 14.8 Å². The van der Waals surface area contributed by atoms with Gasteiger partial charge in [0, 0.05) is 50.0 Å². The molecule has 3 nitrogen and oxygen atoms in total. The van der Waals surface area contributed by atoms with Gasteiger partial charge in [0.25, 0.3) is 0 Å². The molecule has 1 saturated heterocycles. The molecule has 0 bridgehead atoms. The minimum Gasteiger partial charge on any atom is -0.357 e. The first-order valence-corrected chi connectivity index (χ1v) is 8.91. The van der Waals surface area contributed by atoms with E-state index in [1.54, 1.807) is 0 Å². The molecular weight excluding hydrogens is 270 g/mol. The first-order chi connectivity index (χ1) is 10.9. The van der Waals surface area contributed by atoms with E-state index >= 15 is 0 Å². The van der Waals surface area contributed by atoms with Crippen molar-refractivity contribution in [3.8, 4) is 0 Å². The molecule has 2 fully saturated rings. The van der Waals surface area contributed by atoms with E-state index in [0.717, 1.165) is 12.6 Å². The Labute approximate surface area is 133 Å². The zero-order chi connectivity index (χ0) is 14.8. The van der Waals surface area contributed by atoms with Crippen LogP contribution in [0.25, 0.3) is 10.9 Å². The molecule has 0 spiro atoms. The molecule has 2 aromatic rings. The number of nitrogens with zero attached hydrogens (tertiary/aromatic N) is 2. The van der Waals surface area contributed by atoms with Crippen molar-refractivity contribution in [2.24, 2.45) is 0 Å². The zero-order valence-corrected chi connectivity index (χ0v) is 13.4. The van der Waals surface area contributed by atoms with Gasteiger partial charge in [-0.25, -0.2) is 0 Å². The Morgan fingerprint density at radius 3 is 2.50 bits per heavy atom. The number of para-hydroxylation sites is 1. The van der Waals surface area contributed by atoms with Crippen LogP contribution < -0.4 is 0 Å². The fraction of sp³-hybridized carbons (Fsp3) is 0.579. The van der Waals surface area contributed by atoms with E-state index in [4.69, 9.17) is 0 Å². The lowest BCUT2D eigenvalue weighted by molar-refractivity contribution is 0.0750. The van der Waals surface area contributed by atoms with Crippen LogP contribution in [0.2, 0.25) is 0 Å². The predicted octanol–water partition coefficient (Wildman–Crippen LogP) is 3.62. The summed E-state index contributed by atoms with van der Waals surface area (Å²) in [4.78, 5) is 8.91. The quantitative estimate of drug-likeness (QED) is 0.935. The molecule has 2 heterocycles. The molecule has 1 aromatic carbocycles. The zero-order valence-electron chi connectivity index (χ0n) is 13.4. The Hall–Kier alpha value is -1.32. The van der Waals surface area contributed by atoms with Gasteiger partial charge in [0.2, 0.25) is 0 Å². The van der Waals surface area contributed by atoms with Crippen molar-refractivity contribution in [2.75, 3.05) is 26.2 Å². The number of fused-ring (bicyclic) bond motifs is 1. The summed E-state index contributed by atoms with van der Waals surface area (Å²) in [5.74, 6) is 0. The fourth-order valence-corrected chi connectivity index (χ4v) is 4.19. The number of nitrogens with one attached hydrogen (secondary N) is 1. The smallest absolute Gasteiger partial charge is 0.0456 e. The van der Waals surface area contributed by atoms with Crippen LogP contribution in [0.3, 0.4) is 0 Å². The highest BCUT2D eigenvalue weighted by Gasteiger charge is 2.25. The Kier molecular flexibility index (Phi) is 4.17. The standard InChI is InChI=1S/C19H27N3/c1-2-7-18(8-3-1)22-12-10-21(11-13-22)15-17-14-16-6-4-5-9-19(16)20-17/h4-6,9,14,18,20H,1-3,7-8,10-13,15H2. The number of piperazine rings is 1. The molecule has 1 saturated carbocycles. The van der Waals surface area contributed by atoms with Crippen molar-refractivity contribution in [3.05, 3.63) is 36.0 Å². The average molecular weight is 297 g/mol. The molecule has 0 unspecified atom stereocenters. The molecule has 1 aromatic heterocycles. The average Bonchev–Trinajstić information content (AvgIpc) is 2.98. The van der Waals surface area contributed by atoms with E-state index in [-0.39, 0.29) is 0 Å². The van der Waals surface area contributed by atoms with E-state index < -0.39 is 0 Å². The maximum Gasteiger partial charge on any atom is 0.0456 e. The Morgan fingerprint density at radius 2 is 1.73 bits per heavy atom. The minimum atomic E-state index is 0.879.